The summed E-state index contributed by atoms with van der Waals surface area (Å²) in [5, 5.41) is 10.0. The Morgan fingerprint density at radius 1 is 1.41 bits per heavy atom. The molecule has 0 spiro atoms. The molecule has 1 rings (SSSR count). The van der Waals surface area contributed by atoms with Crippen molar-refractivity contribution in [2.75, 3.05) is 6.61 Å². The lowest BCUT2D eigenvalue weighted by Gasteiger charge is -2.37. The zero-order valence-corrected chi connectivity index (χ0v) is 14.5. The predicted octanol–water partition coefficient (Wildman–Crippen LogP) is 2.97. The SMILES string of the molecule is C=C[C@@H]1O[C@H](CCOC(=O)N(C(C)C)C(C)C)C[C@H](O)[C@H]1C. The molecular weight excluding hydrogens is 282 g/mol. The van der Waals surface area contributed by atoms with Gasteiger partial charge in [-0.25, -0.2) is 4.79 Å². The summed E-state index contributed by atoms with van der Waals surface area (Å²) in [4.78, 5) is 13.8. The summed E-state index contributed by atoms with van der Waals surface area (Å²) in [5.41, 5.74) is 0. The number of aliphatic hydroxyl groups is 1. The molecule has 1 N–H and O–H groups in total. The van der Waals surface area contributed by atoms with E-state index in [2.05, 4.69) is 6.58 Å². The minimum Gasteiger partial charge on any atom is -0.449 e. The van der Waals surface area contributed by atoms with Crippen molar-refractivity contribution in [3.8, 4) is 0 Å². The van der Waals surface area contributed by atoms with Gasteiger partial charge in [0.05, 0.1) is 24.9 Å². The number of hydrogen-bond acceptors (Lipinski definition) is 4. The Hall–Kier alpha value is -1.07. The molecule has 0 unspecified atom stereocenters. The van der Waals surface area contributed by atoms with Crippen LogP contribution in [0.3, 0.4) is 0 Å². The van der Waals surface area contributed by atoms with E-state index >= 15 is 0 Å². The van der Waals surface area contributed by atoms with Gasteiger partial charge in [0.2, 0.25) is 0 Å². The molecule has 0 aromatic heterocycles. The van der Waals surface area contributed by atoms with Crippen LogP contribution in [0, 0.1) is 5.92 Å². The van der Waals surface area contributed by atoms with Crippen molar-refractivity contribution in [3.05, 3.63) is 12.7 Å². The standard InChI is InChI=1S/C17H31NO4/c1-7-16-13(6)15(19)10-14(22-16)8-9-21-17(20)18(11(2)3)12(4)5/h7,11-16,19H,1,8-10H2,2-6H3/t13-,14-,15+,16+/m1/s1. The molecule has 0 bridgehead atoms. The number of hydrogen-bond donors (Lipinski definition) is 1. The Bertz CT molecular complexity index is 362. The Morgan fingerprint density at radius 2 is 2.00 bits per heavy atom. The highest BCUT2D eigenvalue weighted by Crippen LogP contribution is 2.27. The lowest BCUT2D eigenvalue weighted by molar-refractivity contribution is -0.116. The van der Waals surface area contributed by atoms with Crippen LogP contribution in [-0.2, 0) is 9.47 Å². The van der Waals surface area contributed by atoms with E-state index in [0.29, 0.717) is 19.4 Å². The van der Waals surface area contributed by atoms with Gasteiger partial charge in [-0.1, -0.05) is 13.0 Å². The van der Waals surface area contributed by atoms with E-state index in [1.807, 2.05) is 34.6 Å². The lowest BCUT2D eigenvalue weighted by atomic mass is 9.89. The van der Waals surface area contributed by atoms with Crippen molar-refractivity contribution in [3.63, 3.8) is 0 Å². The van der Waals surface area contributed by atoms with Crippen LogP contribution in [0.25, 0.3) is 0 Å². The van der Waals surface area contributed by atoms with Crippen LogP contribution < -0.4 is 0 Å². The molecule has 1 heterocycles. The molecule has 22 heavy (non-hydrogen) atoms. The zero-order chi connectivity index (χ0) is 16.9. The van der Waals surface area contributed by atoms with E-state index in [4.69, 9.17) is 9.47 Å². The number of amides is 1. The van der Waals surface area contributed by atoms with Gasteiger partial charge in [-0.2, -0.15) is 0 Å². The average Bonchev–Trinajstić information content (AvgIpc) is 2.41. The highest BCUT2D eigenvalue weighted by molar-refractivity contribution is 5.68. The predicted molar refractivity (Wildman–Crippen MR) is 86.7 cm³/mol. The third kappa shape index (κ3) is 4.99. The number of aliphatic hydroxyl groups excluding tert-OH is 1. The van der Waals surface area contributed by atoms with E-state index in [-0.39, 0.29) is 36.3 Å². The van der Waals surface area contributed by atoms with E-state index in [1.165, 1.54) is 0 Å². The molecule has 0 aromatic carbocycles. The number of rotatable bonds is 6. The molecule has 0 radical (unpaired) electrons. The number of ether oxygens (including phenoxy) is 2. The highest BCUT2D eigenvalue weighted by Gasteiger charge is 2.33. The third-order valence-corrected chi connectivity index (χ3v) is 4.20. The van der Waals surface area contributed by atoms with Crippen molar-refractivity contribution in [2.45, 2.75) is 77.9 Å². The van der Waals surface area contributed by atoms with Gasteiger partial charge in [-0.3, -0.25) is 0 Å². The van der Waals surface area contributed by atoms with Crippen LogP contribution in [0.5, 0.6) is 0 Å². The molecule has 1 fully saturated rings. The largest absolute Gasteiger partial charge is 0.449 e. The van der Waals surface area contributed by atoms with Crippen molar-refractivity contribution >= 4 is 6.09 Å². The van der Waals surface area contributed by atoms with Gasteiger partial charge >= 0.3 is 6.09 Å². The van der Waals surface area contributed by atoms with Crippen LogP contribution in [0.4, 0.5) is 4.79 Å². The third-order valence-electron chi connectivity index (χ3n) is 4.20. The Labute approximate surface area is 134 Å². The van der Waals surface area contributed by atoms with Crippen molar-refractivity contribution < 1.29 is 19.4 Å². The van der Waals surface area contributed by atoms with Crippen LogP contribution in [0.2, 0.25) is 0 Å². The second-order valence-electron chi connectivity index (χ2n) is 6.62. The molecule has 0 aliphatic carbocycles. The number of carbonyl (C=O) groups is 1. The maximum absolute atomic E-state index is 12.1. The van der Waals surface area contributed by atoms with Gasteiger partial charge < -0.3 is 19.5 Å². The van der Waals surface area contributed by atoms with E-state index in [9.17, 15) is 9.90 Å². The van der Waals surface area contributed by atoms with Gasteiger partial charge in [0.15, 0.2) is 0 Å². The molecule has 1 amide bonds. The van der Waals surface area contributed by atoms with Gasteiger partial charge in [-0.15, -0.1) is 6.58 Å². The summed E-state index contributed by atoms with van der Waals surface area (Å²) in [6.07, 6.45) is 1.94. The normalized spacial score (nSPS) is 28.7. The highest BCUT2D eigenvalue weighted by atomic mass is 16.6. The smallest absolute Gasteiger partial charge is 0.410 e. The summed E-state index contributed by atoms with van der Waals surface area (Å²) in [7, 11) is 0. The number of nitrogens with zero attached hydrogens (tertiary/aromatic N) is 1. The molecule has 1 aliphatic rings. The average molecular weight is 313 g/mol. The van der Waals surface area contributed by atoms with Crippen LogP contribution in [0.15, 0.2) is 12.7 Å². The minimum atomic E-state index is -0.403. The van der Waals surface area contributed by atoms with Crippen LogP contribution in [-0.4, -0.2) is 53.1 Å². The van der Waals surface area contributed by atoms with Crippen molar-refractivity contribution in [1.82, 2.24) is 4.90 Å². The minimum absolute atomic E-state index is 0.0497. The van der Waals surface area contributed by atoms with E-state index < -0.39 is 6.10 Å². The first kappa shape index (κ1) is 19.0. The fraction of sp³-hybridized carbons (Fsp3) is 0.824. The molecule has 4 atom stereocenters. The molecule has 128 valence electrons. The summed E-state index contributed by atoms with van der Waals surface area (Å²) < 4.78 is 11.2. The Morgan fingerprint density at radius 3 is 2.50 bits per heavy atom. The molecular formula is C17H31NO4. The summed E-state index contributed by atoms with van der Waals surface area (Å²) >= 11 is 0. The van der Waals surface area contributed by atoms with Gasteiger partial charge in [0.1, 0.15) is 0 Å². The first-order valence-electron chi connectivity index (χ1n) is 8.19. The van der Waals surface area contributed by atoms with Gasteiger partial charge in [-0.05, 0) is 27.7 Å². The molecule has 0 saturated carbocycles. The van der Waals surface area contributed by atoms with Gasteiger partial charge in [0.25, 0.3) is 0 Å². The molecule has 5 heteroatoms. The molecule has 1 aliphatic heterocycles. The quantitative estimate of drug-likeness (QED) is 0.766. The summed E-state index contributed by atoms with van der Waals surface area (Å²) in [6.45, 7) is 13.9. The lowest BCUT2D eigenvalue weighted by Crippen LogP contribution is -2.44. The summed E-state index contributed by atoms with van der Waals surface area (Å²) in [5.74, 6) is 0.0497. The fourth-order valence-corrected chi connectivity index (χ4v) is 2.93. The van der Waals surface area contributed by atoms with Crippen molar-refractivity contribution in [1.29, 1.82) is 0 Å². The first-order chi connectivity index (χ1) is 10.3. The topological polar surface area (TPSA) is 59.0 Å². The molecule has 1 saturated heterocycles. The van der Waals surface area contributed by atoms with Crippen molar-refractivity contribution in [2.24, 2.45) is 5.92 Å². The summed E-state index contributed by atoms with van der Waals surface area (Å²) in [6, 6.07) is 0.206. The maximum Gasteiger partial charge on any atom is 0.410 e. The van der Waals surface area contributed by atoms with E-state index in [1.54, 1.807) is 11.0 Å². The Kier molecular flexibility index (Phi) is 7.36. The first-order valence-corrected chi connectivity index (χ1v) is 8.19. The molecule has 0 aromatic rings. The Balaban J connectivity index is 2.43. The second kappa shape index (κ2) is 8.53. The van der Waals surface area contributed by atoms with E-state index in [0.717, 1.165) is 0 Å². The molecule has 5 nitrogen and oxygen atoms in total. The van der Waals surface area contributed by atoms with Crippen LogP contribution in [0.1, 0.15) is 47.5 Å². The van der Waals surface area contributed by atoms with Crippen LogP contribution >= 0.6 is 0 Å². The van der Waals surface area contributed by atoms with Gasteiger partial charge in [0, 0.05) is 30.8 Å². The maximum atomic E-state index is 12.1. The second-order valence-corrected chi connectivity index (χ2v) is 6.62. The monoisotopic (exact) mass is 313 g/mol. The fourth-order valence-electron chi connectivity index (χ4n) is 2.93. The zero-order valence-electron chi connectivity index (χ0n) is 14.5. The number of carbonyl (C=O) groups excluding carboxylic acids is 1.